The minimum atomic E-state index is -0.871. The van der Waals surface area contributed by atoms with Crippen molar-refractivity contribution in [2.24, 2.45) is 11.3 Å². The Hall–Kier alpha value is -1.52. The first-order valence-electron chi connectivity index (χ1n) is 5.14. The predicted molar refractivity (Wildman–Crippen MR) is 58.0 cm³/mol. The van der Waals surface area contributed by atoms with E-state index >= 15 is 0 Å². The Morgan fingerprint density at radius 1 is 1.62 bits per heavy atom. The largest absolute Gasteiger partial charge is 0.481 e. The highest BCUT2D eigenvalue weighted by Crippen LogP contribution is 2.35. The van der Waals surface area contributed by atoms with Crippen molar-refractivity contribution in [2.45, 2.75) is 13.8 Å². The van der Waals surface area contributed by atoms with Crippen molar-refractivity contribution >= 4 is 12.1 Å². The zero-order chi connectivity index (χ0) is 12.3. The van der Waals surface area contributed by atoms with E-state index in [0.29, 0.717) is 6.54 Å². The summed E-state index contributed by atoms with van der Waals surface area (Å²) in [6.07, 6.45) is 1.00. The van der Waals surface area contributed by atoms with Crippen LogP contribution in [0.2, 0.25) is 0 Å². The highest BCUT2D eigenvalue weighted by Gasteiger charge is 2.45. The number of amides is 1. The van der Waals surface area contributed by atoms with Gasteiger partial charge in [-0.2, -0.15) is 0 Å². The summed E-state index contributed by atoms with van der Waals surface area (Å²) in [6, 6.07) is 0. The van der Waals surface area contributed by atoms with Gasteiger partial charge in [-0.25, -0.2) is 4.79 Å². The van der Waals surface area contributed by atoms with Gasteiger partial charge in [-0.3, -0.25) is 4.79 Å². The fraction of sp³-hybridized carbons (Fsp3) is 0.636. The summed E-state index contributed by atoms with van der Waals surface area (Å²) in [4.78, 5) is 24.0. The molecule has 1 heterocycles. The van der Waals surface area contributed by atoms with Crippen molar-refractivity contribution in [1.82, 2.24) is 4.90 Å². The number of carboxylic acid groups (broad SMARTS) is 1. The molecular formula is C11H17NO4. The molecule has 5 heteroatoms. The van der Waals surface area contributed by atoms with Gasteiger partial charge >= 0.3 is 12.1 Å². The van der Waals surface area contributed by atoms with Gasteiger partial charge in [0.25, 0.3) is 0 Å². The average Bonchev–Trinajstić information content (AvgIpc) is 2.50. The Kier molecular flexibility index (Phi) is 3.57. The van der Waals surface area contributed by atoms with Crippen molar-refractivity contribution in [3.63, 3.8) is 0 Å². The van der Waals surface area contributed by atoms with Crippen molar-refractivity contribution < 1.29 is 19.4 Å². The molecule has 16 heavy (non-hydrogen) atoms. The van der Waals surface area contributed by atoms with Crippen molar-refractivity contribution in [3.05, 3.63) is 12.7 Å². The Balaban J connectivity index is 2.64. The van der Waals surface area contributed by atoms with Crippen LogP contribution in [0.4, 0.5) is 4.79 Å². The lowest BCUT2D eigenvalue weighted by atomic mass is 9.82. The number of carbonyl (C=O) groups is 2. The quantitative estimate of drug-likeness (QED) is 0.739. The van der Waals surface area contributed by atoms with E-state index in [1.807, 2.05) is 13.8 Å². The Morgan fingerprint density at radius 3 is 2.69 bits per heavy atom. The molecule has 0 aliphatic carbocycles. The lowest BCUT2D eigenvalue weighted by Gasteiger charge is -2.21. The maximum absolute atomic E-state index is 11.5. The monoisotopic (exact) mass is 227 g/mol. The maximum atomic E-state index is 11.5. The van der Waals surface area contributed by atoms with Crippen LogP contribution in [-0.4, -0.2) is 41.8 Å². The van der Waals surface area contributed by atoms with Gasteiger partial charge in [0, 0.05) is 13.1 Å². The van der Waals surface area contributed by atoms with Crippen molar-refractivity contribution in [3.8, 4) is 0 Å². The SMILES string of the molecule is C=CCOC(=O)N1C[C@H](C(=O)O)C(C)(C)C1. The van der Waals surface area contributed by atoms with E-state index in [9.17, 15) is 9.59 Å². The maximum Gasteiger partial charge on any atom is 0.410 e. The number of carbonyl (C=O) groups excluding carboxylic acids is 1. The number of likely N-dealkylation sites (tertiary alicyclic amines) is 1. The molecule has 0 saturated carbocycles. The molecular weight excluding hydrogens is 210 g/mol. The smallest absolute Gasteiger partial charge is 0.410 e. The number of hydrogen-bond acceptors (Lipinski definition) is 3. The van der Waals surface area contributed by atoms with Gasteiger partial charge in [0.05, 0.1) is 5.92 Å². The second-order valence-corrected chi connectivity index (χ2v) is 4.63. The number of nitrogens with zero attached hydrogens (tertiary/aromatic N) is 1. The number of ether oxygens (including phenoxy) is 1. The molecule has 0 aromatic rings. The Labute approximate surface area is 94.7 Å². The van der Waals surface area contributed by atoms with Gasteiger partial charge in [-0.15, -0.1) is 0 Å². The first-order valence-corrected chi connectivity index (χ1v) is 5.14. The summed E-state index contributed by atoms with van der Waals surface area (Å²) in [7, 11) is 0. The molecule has 1 fully saturated rings. The number of hydrogen-bond donors (Lipinski definition) is 1. The summed E-state index contributed by atoms with van der Waals surface area (Å²) in [5.74, 6) is -1.41. The third-order valence-corrected chi connectivity index (χ3v) is 2.83. The van der Waals surface area contributed by atoms with Gasteiger partial charge in [-0.1, -0.05) is 26.5 Å². The van der Waals surface area contributed by atoms with Gasteiger partial charge < -0.3 is 14.7 Å². The summed E-state index contributed by atoms with van der Waals surface area (Å²) in [6.45, 7) is 7.88. The molecule has 1 amide bonds. The normalized spacial score (nSPS) is 22.9. The second kappa shape index (κ2) is 4.55. The van der Waals surface area contributed by atoms with Crippen LogP contribution in [0.3, 0.4) is 0 Å². The van der Waals surface area contributed by atoms with E-state index in [0.717, 1.165) is 0 Å². The van der Waals surface area contributed by atoms with E-state index in [4.69, 9.17) is 9.84 Å². The topological polar surface area (TPSA) is 66.8 Å². The molecule has 0 spiro atoms. The number of aliphatic carboxylic acids is 1. The highest BCUT2D eigenvalue weighted by atomic mass is 16.6. The first kappa shape index (κ1) is 12.5. The first-order chi connectivity index (χ1) is 7.38. The average molecular weight is 227 g/mol. The van der Waals surface area contributed by atoms with Crippen LogP contribution in [0, 0.1) is 11.3 Å². The zero-order valence-electron chi connectivity index (χ0n) is 9.60. The minimum absolute atomic E-state index is 0.146. The summed E-state index contributed by atoms with van der Waals surface area (Å²) < 4.78 is 4.87. The molecule has 1 aliphatic heterocycles. The lowest BCUT2D eigenvalue weighted by Crippen LogP contribution is -2.30. The fourth-order valence-electron chi connectivity index (χ4n) is 1.91. The lowest BCUT2D eigenvalue weighted by molar-refractivity contribution is -0.143. The molecule has 1 aliphatic rings. The van der Waals surface area contributed by atoms with Gasteiger partial charge in [0.2, 0.25) is 0 Å². The molecule has 1 saturated heterocycles. The molecule has 1 rings (SSSR count). The van der Waals surface area contributed by atoms with E-state index in [-0.39, 0.29) is 13.2 Å². The van der Waals surface area contributed by atoms with Crippen molar-refractivity contribution in [2.75, 3.05) is 19.7 Å². The van der Waals surface area contributed by atoms with E-state index in [1.54, 1.807) is 0 Å². The van der Waals surface area contributed by atoms with E-state index < -0.39 is 23.4 Å². The van der Waals surface area contributed by atoms with Crippen LogP contribution < -0.4 is 0 Å². The zero-order valence-corrected chi connectivity index (χ0v) is 9.60. The fourth-order valence-corrected chi connectivity index (χ4v) is 1.91. The standard InChI is InChI=1S/C11H17NO4/c1-4-5-16-10(15)12-6-8(9(13)14)11(2,3)7-12/h4,8H,1,5-7H2,2-3H3,(H,13,14)/t8-/m1/s1. The Bertz CT molecular complexity index is 311. The van der Waals surface area contributed by atoms with Crippen LogP contribution in [-0.2, 0) is 9.53 Å². The second-order valence-electron chi connectivity index (χ2n) is 4.63. The van der Waals surface area contributed by atoms with Crippen molar-refractivity contribution in [1.29, 1.82) is 0 Å². The van der Waals surface area contributed by atoms with Crippen LogP contribution in [0.1, 0.15) is 13.8 Å². The van der Waals surface area contributed by atoms with Gasteiger partial charge in [0.1, 0.15) is 6.61 Å². The molecule has 90 valence electrons. The molecule has 5 nitrogen and oxygen atoms in total. The molecule has 0 aromatic heterocycles. The summed E-state index contributed by atoms with van der Waals surface area (Å²) in [5.41, 5.74) is -0.418. The van der Waals surface area contributed by atoms with Crippen LogP contribution in [0.15, 0.2) is 12.7 Å². The number of carboxylic acids is 1. The molecule has 0 radical (unpaired) electrons. The molecule has 0 aromatic carbocycles. The van der Waals surface area contributed by atoms with Crippen LogP contribution in [0.25, 0.3) is 0 Å². The third kappa shape index (κ3) is 2.53. The van der Waals surface area contributed by atoms with Crippen LogP contribution in [0.5, 0.6) is 0 Å². The molecule has 1 atom stereocenters. The highest BCUT2D eigenvalue weighted by molar-refractivity contribution is 5.75. The molecule has 0 bridgehead atoms. The van der Waals surface area contributed by atoms with Crippen LogP contribution >= 0.6 is 0 Å². The molecule has 0 unspecified atom stereocenters. The van der Waals surface area contributed by atoms with E-state index in [2.05, 4.69) is 6.58 Å². The number of rotatable bonds is 3. The Morgan fingerprint density at radius 2 is 2.25 bits per heavy atom. The van der Waals surface area contributed by atoms with Gasteiger partial charge in [-0.05, 0) is 5.41 Å². The van der Waals surface area contributed by atoms with Gasteiger partial charge in [0.15, 0.2) is 0 Å². The predicted octanol–water partition coefficient (Wildman–Crippen LogP) is 1.35. The molecule has 1 N–H and O–H groups in total. The third-order valence-electron chi connectivity index (χ3n) is 2.83. The summed E-state index contributed by atoms with van der Waals surface area (Å²) >= 11 is 0. The minimum Gasteiger partial charge on any atom is -0.481 e. The summed E-state index contributed by atoms with van der Waals surface area (Å²) in [5, 5.41) is 9.03. The van der Waals surface area contributed by atoms with E-state index in [1.165, 1.54) is 11.0 Å².